The Bertz CT molecular complexity index is 683. The fourth-order valence-electron chi connectivity index (χ4n) is 2.50. The van der Waals surface area contributed by atoms with E-state index in [9.17, 15) is 4.79 Å². The molecule has 128 valence electrons. The third-order valence-electron chi connectivity index (χ3n) is 3.88. The average molecular weight is 326 g/mol. The summed E-state index contributed by atoms with van der Waals surface area (Å²) in [5.74, 6) is 1.17. The Labute approximate surface area is 144 Å². The number of urea groups is 1. The lowest BCUT2D eigenvalue weighted by atomic mass is 10.0. The molecule has 0 fully saturated rings. The molecular weight excluding hydrogens is 300 g/mol. The number of carbonyl (C=O) groups is 1. The summed E-state index contributed by atoms with van der Waals surface area (Å²) in [6.45, 7) is 8.59. The molecule has 2 aromatic rings. The van der Waals surface area contributed by atoms with Crippen molar-refractivity contribution in [2.24, 2.45) is 0 Å². The molecule has 4 heteroatoms. The van der Waals surface area contributed by atoms with E-state index in [2.05, 4.69) is 24.5 Å². The quantitative estimate of drug-likeness (QED) is 0.776. The Morgan fingerprint density at radius 1 is 1.04 bits per heavy atom. The third kappa shape index (κ3) is 5.01. The predicted octanol–water partition coefficient (Wildman–Crippen LogP) is 4.34. The van der Waals surface area contributed by atoms with Crippen LogP contribution in [0.4, 0.5) is 4.79 Å². The second kappa shape index (κ2) is 8.39. The molecule has 0 aromatic heterocycles. The lowest BCUT2D eigenvalue weighted by Gasteiger charge is -2.20. The van der Waals surface area contributed by atoms with Crippen LogP contribution >= 0.6 is 0 Å². The summed E-state index contributed by atoms with van der Waals surface area (Å²) in [5.41, 5.74) is 3.39. The summed E-state index contributed by atoms with van der Waals surface area (Å²) < 4.78 is 5.88. The van der Waals surface area contributed by atoms with Gasteiger partial charge in [0.2, 0.25) is 0 Å². The predicted molar refractivity (Wildman–Crippen MR) is 97.2 cm³/mol. The smallest absolute Gasteiger partial charge is 0.317 e. The Morgan fingerprint density at radius 3 is 2.42 bits per heavy atom. The molecule has 0 saturated carbocycles. The van der Waals surface area contributed by atoms with Crippen molar-refractivity contribution in [1.82, 2.24) is 10.6 Å². The lowest BCUT2D eigenvalue weighted by Crippen LogP contribution is -2.43. The number of ether oxygens (including phenoxy) is 1. The van der Waals surface area contributed by atoms with Crippen LogP contribution in [0.15, 0.2) is 48.5 Å². The number of rotatable bonds is 6. The highest BCUT2D eigenvalue weighted by Gasteiger charge is 2.12. The molecule has 2 N–H and O–H groups in total. The zero-order valence-electron chi connectivity index (χ0n) is 14.8. The van der Waals surface area contributed by atoms with E-state index in [1.54, 1.807) is 0 Å². The number of benzene rings is 2. The summed E-state index contributed by atoms with van der Waals surface area (Å²) in [5, 5.41) is 5.68. The normalized spacial score (nSPS) is 11.9. The Balaban J connectivity index is 1.87. The molecule has 0 heterocycles. The maximum absolute atomic E-state index is 12.0. The first kappa shape index (κ1) is 17.9. The van der Waals surface area contributed by atoms with Crippen LogP contribution in [0.2, 0.25) is 0 Å². The van der Waals surface area contributed by atoms with Gasteiger partial charge in [0.25, 0.3) is 0 Å². The summed E-state index contributed by atoms with van der Waals surface area (Å²) in [6, 6.07) is 15.7. The number of carbonyl (C=O) groups excluding carboxylic acids is 1. The molecule has 0 bridgehead atoms. The van der Waals surface area contributed by atoms with Crippen LogP contribution in [0.1, 0.15) is 43.4 Å². The maximum Gasteiger partial charge on any atom is 0.317 e. The standard InChI is InChI=1S/C20H26N2O2/c1-14(2)18-11-7-8-12-19(18)24-16(4)22-20(23)21-13-17-10-6-5-9-15(17)3/h5-12,14,16H,13H2,1-4H3,(H2,21,22,23). The fourth-order valence-corrected chi connectivity index (χ4v) is 2.50. The molecule has 2 rings (SSSR count). The largest absolute Gasteiger partial charge is 0.471 e. The molecule has 1 unspecified atom stereocenters. The highest BCUT2D eigenvalue weighted by molar-refractivity contribution is 5.74. The minimum Gasteiger partial charge on any atom is -0.471 e. The monoisotopic (exact) mass is 326 g/mol. The van der Waals surface area contributed by atoms with Crippen molar-refractivity contribution < 1.29 is 9.53 Å². The van der Waals surface area contributed by atoms with Gasteiger partial charge in [-0.1, -0.05) is 56.3 Å². The van der Waals surface area contributed by atoms with Gasteiger partial charge in [0, 0.05) is 6.54 Å². The number of para-hydroxylation sites is 1. The Kier molecular flexibility index (Phi) is 6.24. The van der Waals surface area contributed by atoms with Gasteiger partial charge < -0.3 is 15.4 Å². The van der Waals surface area contributed by atoms with Crippen molar-refractivity contribution in [1.29, 1.82) is 0 Å². The van der Waals surface area contributed by atoms with Gasteiger partial charge in [-0.3, -0.25) is 0 Å². The first-order valence-corrected chi connectivity index (χ1v) is 8.32. The second-order valence-electron chi connectivity index (χ2n) is 6.21. The van der Waals surface area contributed by atoms with Crippen LogP contribution < -0.4 is 15.4 Å². The second-order valence-corrected chi connectivity index (χ2v) is 6.21. The highest BCUT2D eigenvalue weighted by Crippen LogP contribution is 2.26. The molecule has 0 aliphatic carbocycles. The minimum absolute atomic E-state index is 0.243. The zero-order chi connectivity index (χ0) is 17.5. The van der Waals surface area contributed by atoms with Gasteiger partial charge in [0.1, 0.15) is 5.75 Å². The number of hydrogen-bond donors (Lipinski definition) is 2. The minimum atomic E-state index is -0.415. The molecule has 0 saturated heterocycles. The van der Waals surface area contributed by atoms with Gasteiger partial charge in [-0.15, -0.1) is 0 Å². The van der Waals surface area contributed by atoms with Crippen molar-refractivity contribution in [3.63, 3.8) is 0 Å². The van der Waals surface area contributed by atoms with Crippen LogP contribution in [-0.2, 0) is 6.54 Å². The van der Waals surface area contributed by atoms with Crippen LogP contribution in [0.5, 0.6) is 5.75 Å². The highest BCUT2D eigenvalue weighted by atomic mass is 16.5. The number of hydrogen-bond acceptors (Lipinski definition) is 2. The van der Waals surface area contributed by atoms with E-state index in [1.165, 1.54) is 0 Å². The molecular formula is C20H26N2O2. The van der Waals surface area contributed by atoms with Crippen molar-refractivity contribution >= 4 is 6.03 Å². The third-order valence-corrected chi connectivity index (χ3v) is 3.88. The van der Waals surface area contributed by atoms with E-state index in [1.807, 2.05) is 62.4 Å². The van der Waals surface area contributed by atoms with Crippen molar-refractivity contribution in [2.75, 3.05) is 0 Å². The molecule has 2 amide bonds. The number of nitrogens with one attached hydrogen (secondary N) is 2. The Hall–Kier alpha value is -2.49. The summed E-state index contributed by atoms with van der Waals surface area (Å²) in [6.07, 6.45) is -0.415. The van der Waals surface area contributed by atoms with E-state index in [4.69, 9.17) is 4.74 Å². The van der Waals surface area contributed by atoms with Crippen LogP contribution in [0.3, 0.4) is 0 Å². The van der Waals surface area contributed by atoms with Crippen molar-refractivity contribution in [2.45, 2.75) is 46.4 Å². The molecule has 0 aliphatic rings. The number of aryl methyl sites for hydroxylation is 1. The number of amides is 2. The van der Waals surface area contributed by atoms with Crippen molar-refractivity contribution in [3.05, 3.63) is 65.2 Å². The molecule has 0 radical (unpaired) electrons. The molecule has 1 atom stereocenters. The summed E-state index contributed by atoms with van der Waals surface area (Å²) >= 11 is 0. The summed E-state index contributed by atoms with van der Waals surface area (Å²) in [4.78, 5) is 12.0. The van der Waals surface area contributed by atoms with Gasteiger partial charge >= 0.3 is 6.03 Å². The van der Waals surface area contributed by atoms with E-state index in [0.29, 0.717) is 12.5 Å². The van der Waals surface area contributed by atoms with E-state index >= 15 is 0 Å². The average Bonchev–Trinajstić information content (AvgIpc) is 2.54. The first-order chi connectivity index (χ1) is 11.5. The van der Waals surface area contributed by atoms with Crippen molar-refractivity contribution in [3.8, 4) is 5.75 Å². The topological polar surface area (TPSA) is 50.4 Å². The molecule has 4 nitrogen and oxygen atoms in total. The van der Waals surface area contributed by atoms with Crippen LogP contribution in [-0.4, -0.2) is 12.3 Å². The van der Waals surface area contributed by atoms with Gasteiger partial charge in [0.15, 0.2) is 6.23 Å². The van der Waals surface area contributed by atoms with Crippen LogP contribution in [0, 0.1) is 6.92 Å². The summed E-state index contributed by atoms with van der Waals surface area (Å²) in [7, 11) is 0. The molecule has 2 aromatic carbocycles. The Morgan fingerprint density at radius 2 is 1.71 bits per heavy atom. The van der Waals surface area contributed by atoms with Gasteiger partial charge in [-0.25, -0.2) is 4.79 Å². The van der Waals surface area contributed by atoms with Gasteiger partial charge in [-0.2, -0.15) is 0 Å². The molecule has 0 aliphatic heterocycles. The molecule has 24 heavy (non-hydrogen) atoms. The van der Waals surface area contributed by atoms with E-state index < -0.39 is 6.23 Å². The fraction of sp³-hybridized carbons (Fsp3) is 0.350. The first-order valence-electron chi connectivity index (χ1n) is 8.32. The van der Waals surface area contributed by atoms with E-state index in [-0.39, 0.29) is 6.03 Å². The molecule has 0 spiro atoms. The lowest BCUT2D eigenvalue weighted by molar-refractivity contribution is 0.175. The van der Waals surface area contributed by atoms with Crippen LogP contribution in [0.25, 0.3) is 0 Å². The SMILES string of the molecule is Cc1ccccc1CNC(=O)NC(C)Oc1ccccc1C(C)C. The zero-order valence-corrected chi connectivity index (χ0v) is 14.8. The maximum atomic E-state index is 12.0. The van der Waals surface area contributed by atoms with Gasteiger partial charge in [-0.05, 0) is 42.5 Å². The van der Waals surface area contributed by atoms with E-state index in [0.717, 1.165) is 22.4 Å². The van der Waals surface area contributed by atoms with Gasteiger partial charge in [0.05, 0.1) is 0 Å².